The van der Waals surface area contributed by atoms with Crippen LogP contribution in [0.2, 0.25) is 0 Å². The van der Waals surface area contributed by atoms with E-state index in [1.165, 1.54) is 10.7 Å². The van der Waals surface area contributed by atoms with Crippen LogP contribution in [-0.2, 0) is 0 Å². The molecular formula is C14H10N2O3. The molecule has 3 rings (SSSR count). The minimum absolute atomic E-state index is 0.105. The molecule has 1 N–H and O–H groups in total. The molecule has 94 valence electrons. The van der Waals surface area contributed by atoms with E-state index in [9.17, 15) is 4.79 Å². The molecule has 2 heterocycles. The maximum absolute atomic E-state index is 10.7. The lowest BCUT2D eigenvalue weighted by atomic mass is 10.1. The minimum Gasteiger partial charge on any atom is -0.475 e. The number of rotatable bonds is 3. The number of carboxylic acids is 1. The lowest BCUT2D eigenvalue weighted by Gasteiger charge is -1.95. The second-order valence-electron chi connectivity index (χ2n) is 3.98. The molecule has 0 unspecified atom stereocenters. The SMILES string of the molecule is O=C(O)c1ccc(-n2cc(-c3ccccc3)cn2)o1. The molecule has 19 heavy (non-hydrogen) atoms. The highest BCUT2D eigenvalue weighted by Crippen LogP contribution is 2.20. The number of furan rings is 1. The Morgan fingerprint density at radius 1 is 1.11 bits per heavy atom. The Labute approximate surface area is 108 Å². The van der Waals surface area contributed by atoms with Gasteiger partial charge in [-0.2, -0.15) is 5.10 Å². The normalized spacial score (nSPS) is 10.5. The molecular weight excluding hydrogens is 244 g/mol. The van der Waals surface area contributed by atoms with E-state index in [1.807, 2.05) is 30.3 Å². The number of carboxylic acid groups (broad SMARTS) is 1. The highest BCUT2D eigenvalue weighted by atomic mass is 16.4. The summed E-state index contributed by atoms with van der Waals surface area (Å²) >= 11 is 0. The summed E-state index contributed by atoms with van der Waals surface area (Å²) in [5.41, 5.74) is 1.98. The van der Waals surface area contributed by atoms with E-state index in [0.717, 1.165) is 11.1 Å². The fraction of sp³-hybridized carbons (Fsp3) is 0. The molecule has 5 nitrogen and oxygen atoms in total. The summed E-state index contributed by atoms with van der Waals surface area (Å²) < 4.78 is 6.69. The first-order chi connectivity index (χ1) is 9.24. The van der Waals surface area contributed by atoms with Gasteiger partial charge in [0.1, 0.15) is 0 Å². The largest absolute Gasteiger partial charge is 0.475 e. The molecule has 3 aromatic rings. The highest BCUT2D eigenvalue weighted by molar-refractivity contribution is 5.84. The van der Waals surface area contributed by atoms with Crippen molar-refractivity contribution in [1.82, 2.24) is 9.78 Å². The van der Waals surface area contributed by atoms with Crippen molar-refractivity contribution in [3.05, 3.63) is 60.6 Å². The summed E-state index contributed by atoms with van der Waals surface area (Å²) in [6.45, 7) is 0. The quantitative estimate of drug-likeness (QED) is 0.780. The van der Waals surface area contributed by atoms with E-state index < -0.39 is 5.97 Å². The van der Waals surface area contributed by atoms with Crippen LogP contribution in [0.3, 0.4) is 0 Å². The van der Waals surface area contributed by atoms with E-state index in [2.05, 4.69) is 5.10 Å². The topological polar surface area (TPSA) is 68.3 Å². The average Bonchev–Trinajstić information content (AvgIpc) is 3.09. The monoisotopic (exact) mass is 254 g/mol. The van der Waals surface area contributed by atoms with Gasteiger partial charge in [0, 0.05) is 17.8 Å². The van der Waals surface area contributed by atoms with Crippen LogP contribution in [0.4, 0.5) is 0 Å². The number of aromatic nitrogens is 2. The number of carbonyl (C=O) groups is 1. The van der Waals surface area contributed by atoms with Crippen molar-refractivity contribution in [1.29, 1.82) is 0 Å². The van der Waals surface area contributed by atoms with Crippen molar-refractivity contribution in [3.8, 4) is 17.0 Å². The number of aromatic carboxylic acids is 1. The van der Waals surface area contributed by atoms with Crippen LogP contribution in [0.25, 0.3) is 17.0 Å². The summed E-state index contributed by atoms with van der Waals surface area (Å²) in [4.78, 5) is 10.7. The summed E-state index contributed by atoms with van der Waals surface area (Å²) in [6.07, 6.45) is 3.50. The summed E-state index contributed by atoms with van der Waals surface area (Å²) in [5, 5.41) is 13.0. The smallest absolute Gasteiger partial charge is 0.371 e. The lowest BCUT2D eigenvalue weighted by molar-refractivity contribution is 0.0662. The molecule has 0 saturated heterocycles. The van der Waals surface area contributed by atoms with Gasteiger partial charge >= 0.3 is 5.97 Å². The van der Waals surface area contributed by atoms with Gasteiger partial charge in [0.2, 0.25) is 11.6 Å². The molecule has 0 spiro atoms. The first-order valence-electron chi connectivity index (χ1n) is 5.67. The van der Waals surface area contributed by atoms with Crippen LogP contribution in [0.15, 0.2) is 59.3 Å². The zero-order chi connectivity index (χ0) is 13.2. The van der Waals surface area contributed by atoms with Crippen LogP contribution in [0, 0.1) is 0 Å². The number of hydrogen-bond acceptors (Lipinski definition) is 3. The zero-order valence-electron chi connectivity index (χ0n) is 9.85. The minimum atomic E-state index is -1.10. The van der Waals surface area contributed by atoms with Gasteiger partial charge < -0.3 is 9.52 Å². The van der Waals surface area contributed by atoms with Crippen LogP contribution in [-0.4, -0.2) is 20.9 Å². The third kappa shape index (κ3) is 2.13. The van der Waals surface area contributed by atoms with Gasteiger partial charge in [0.15, 0.2) is 0 Å². The third-order valence-electron chi connectivity index (χ3n) is 2.72. The van der Waals surface area contributed by atoms with Gasteiger partial charge in [-0.05, 0) is 11.6 Å². The van der Waals surface area contributed by atoms with Gasteiger partial charge in [-0.15, -0.1) is 0 Å². The molecule has 0 saturated carbocycles. The fourth-order valence-corrected chi connectivity index (χ4v) is 1.79. The molecule has 0 aliphatic rings. The van der Waals surface area contributed by atoms with Crippen molar-refractivity contribution < 1.29 is 14.3 Å². The number of nitrogens with zero attached hydrogens (tertiary/aromatic N) is 2. The van der Waals surface area contributed by atoms with Crippen molar-refractivity contribution in [2.75, 3.05) is 0 Å². The number of hydrogen-bond donors (Lipinski definition) is 1. The maximum Gasteiger partial charge on any atom is 0.371 e. The lowest BCUT2D eigenvalue weighted by Crippen LogP contribution is -1.94. The second kappa shape index (κ2) is 4.45. The van der Waals surface area contributed by atoms with Gasteiger partial charge in [-0.1, -0.05) is 30.3 Å². The van der Waals surface area contributed by atoms with Crippen molar-refractivity contribution in [2.45, 2.75) is 0 Å². The highest BCUT2D eigenvalue weighted by Gasteiger charge is 2.11. The van der Waals surface area contributed by atoms with Gasteiger partial charge in [-0.25, -0.2) is 9.48 Å². The van der Waals surface area contributed by atoms with Gasteiger partial charge in [-0.3, -0.25) is 0 Å². The number of benzene rings is 1. The van der Waals surface area contributed by atoms with Crippen molar-refractivity contribution >= 4 is 5.97 Å². The summed E-state index contributed by atoms with van der Waals surface area (Å²) in [5.74, 6) is -0.826. The van der Waals surface area contributed by atoms with Crippen LogP contribution in [0.5, 0.6) is 0 Å². The zero-order valence-corrected chi connectivity index (χ0v) is 9.85. The standard InChI is InChI=1S/C14H10N2O3/c17-14(18)12-6-7-13(19-12)16-9-11(8-15-16)10-4-2-1-3-5-10/h1-9H,(H,17,18). The summed E-state index contributed by atoms with van der Waals surface area (Å²) in [6, 6.07) is 12.8. The van der Waals surface area contributed by atoms with E-state index in [-0.39, 0.29) is 5.76 Å². The molecule has 0 fully saturated rings. The summed E-state index contributed by atoms with van der Waals surface area (Å²) in [7, 11) is 0. The average molecular weight is 254 g/mol. The molecule has 5 heteroatoms. The molecule has 2 aromatic heterocycles. The van der Waals surface area contributed by atoms with Crippen molar-refractivity contribution in [2.24, 2.45) is 0 Å². The molecule has 0 radical (unpaired) electrons. The Bertz CT molecular complexity index is 713. The Morgan fingerprint density at radius 3 is 2.58 bits per heavy atom. The second-order valence-corrected chi connectivity index (χ2v) is 3.98. The maximum atomic E-state index is 10.7. The molecule has 0 bridgehead atoms. The van der Waals surface area contributed by atoms with Crippen LogP contribution < -0.4 is 0 Å². The molecule has 0 amide bonds. The Morgan fingerprint density at radius 2 is 1.89 bits per heavy atom. The third-order valence-corrected chi connectivity index (χ3v) is 2.72. The molecule has 1 aromatic carbocycles. The van der Waals surface area contributed by atoms with E-state index in [4.69, 9.17) is 9.52 Å². The Kier molecular flexibility index (Phi) is 2.64. The van der Waals surface area contributed by atoms with Crippen molar-refractivity contribution in [3.63, 3.8) is 0 Å². The van der Waals surface area contributed by atoms with Crippen LogP contribution >= 0.6 is 0 Å². The van der Waals surface area contributed by atoms with Gasteiger partial charge in [0.05, 0.1) is 6.20 Å². The first-order valence-corrected chi connectivity index (χ1v) is 5.67. The predicted molar refractivity (Wildman–Crippen MR) is 68.2 cm³/mol. The first kappa shape index (κ1) is 11.3. The van der Waals surface area contributed by atoms with Gasteiger partial charge in [0.25, 0.3) is 0 Å². The van der Waals surface area contributed by atoms with E-state index in [0.29, 0.717) is 5.88 Å². The van der Waals surface area contributed by atoms with E-state index >= 15 is 0 Å². The Balaban J connectivity index is 1.94. The van der Waals surface area contributed by atoms with Crippen LogP contribution in [0.1, 0.15) is 10.6 Å². The molecule has 0 aliphatic heterocycles. The molecule has 0 atom stereocenters. The Hall–Kier alpha value is -2.82. The van der Waals surface area contributed by atoms with E-state index in [1.54, 1.807) is 18.5 Å². The fourth-order valence-electron chi connectivity index (χ4n) is 1.79. The molecule has 0 aliphatic carbocycles. The predicted octanol–water partition coefficient (Wildman–Crippen LogP) is 2.83.